The van der Waals surface area contributed by atoms with Gasteiger partial charge in [-0.2, -0.15) is 5.10 Å². The first-order valence-electron chi connectivity index (χ1n) is 4.05. The molecule has 14 heavy (non-hydrogen) atoms. The largest absolute Gasteiger partial charge is 0.480 e. The summed E-state index contributed by atoms with van der Waals surface area (Å²) in [6, 6.07) is -0.973. The van der Waals surface area contributed by atoms with E-state index in [-0.39, 0.29) is 0 Å². The quantitative estimate of drug-likeness (QED) is 0.753. The first-order chi connectivity index (χ1) is 6.37. The molecule has 5 nitrogen and oxygen atoms in total. The van der Waals surface area contributed by atoms with Crippen molar-refractivity contribution in [1.29, 1.82) is 0 Å². The average Bonchev–Trinajstić information content (AvgIpc) is 2.50. The molecule has 0 saturated carbocycles. The Balaban J connectivity index is 3.07. The van der Waals surface area contributed by atoms with Crippen LogP contribution in [0.4, 0.5) is 0 Å². The molecule has 1 rings (SSSR count). The highest BCUT2D eigenvalue weighted by molar-refractivity contribution is 9.10. The Morgan fingerprint density at radius 3 is 2.71 bits per heavy atom. The van der Waals surface area contributed by atoms with Crippen molar-refractivity contribution in [3.05, 3.63) is 16.4 Å². The molecule has 0 aromatic carbocycles. The lowest BCUT2D eigenvalue weighted by Gasteiger charge is -2.27. The summed E-state index contributed by atoms with van der Waals surface area (Å²) >= 11 is 3.28. The van der Waals surface area contributed by atoms with Gasteiger partial charge in [0.2, 0.25) is 0 Å². The molecule has 0 amide bonds. The standard InChI is InChI=1S/C8H12BrN3O2/c1-8(2,5(10)7(13)14)6-4(9)3-11-12-6/h3,5H,10H2,1-2H3,(H,11,12)(H,13,14). The van der Waals surface area contributed by atoms with E-state index in [4.69, 9.17) is 10.8 Å². The summed E-state index contributed by atoms with van der Waals surface area (Å²) in [5, 5.41) is 15.4. The van der Waals surface area contributed by atoms with Crippen molar-refractivity contribution in [2.24, 2.45) is 5.73 Å². The van der Waals surface area contributed by atoms with Gasteiger partial charge in [0.15, 0.2) is 0 Å². The third kappa shape index (κ3) is 1.80. The Bertz CT molecular complexity index is 348. The number of rotatable bonds is 3. The van der Waals surface area contributed by atoms with Crippen molar-refractivity contribution in [1.82, 2.24) is 10.2 Å². The van der Waals surface area contributed by atoms with Crippen molar-refractivity contribution in [2.45, 2.75) is 25.3 Å². The number of nitrogens with two attached hydrogens (primary N) is 1. The lowest BCUT2D eigenvalue weighted by Crippen LogP contribution is -2.47. The van der Waals surface area contributed by atoms with Crippen molar-refractivity contribution in [3.8, 4) is 0 Å². The number of nitrogens with zero attached hydrogens (tertiary/aromatic N) is 1. The van der Waals surface area contributed by atoms with E-state index in [1.807, 2.05) is 0 Å². The molecule has 1 heterocycles. The van der Waals surface area contributed by atoms with Crippen LogP contribution in [-0.2, 0) is 10.2 Å². The van der Waals surface area contributed by atoms with E-state index in [2.05, 4.69) is 26.1 Å². The van der Waals surface area contributed by atoms with Crippen molar-refractivity contribution < 1.29 is 9.90 Å². The summed E-state index contributed by atoms with van der Waals surface area (Å²) in [7, 11) is 0. The molecule has 0 aliphatic heterocycles. The summed E-state index contributed by atoms with van der Waals surface area (Å²) < 4.78 is 0.735. The fraction of sp³-hybridized carbons (Fsp3) is 0.500. The smallest absolute Gasteiger partial charge is 0.321 e. The Morgan fingerprint density at radius 1 is 1.79 bits per heavy atom. The van der Waals surface area contributed by atoms with Gasteiger partial charge in [-0.25, -0.2) is 0 Å². The number of H-pyrrole nitrogens is 1. The van der Waals surface area contributed by atoms with E-state index >= 15 is 0 Å². The number of carboxylic acid groups (broad SMARTS) is 1. The number of hydrogen-bond acceptors (Lipinski definition) is 3. The SMILES string of the molecule is CC(C)(c1[nH]ncc1Br)C(N)C(=O)O. The van der Waals surface area contributed by atoms with Gasteiger partial charge in [0, 0.05) is 5.41 Å². The number of aliphatic carboxylic acids is 1. The van der Waals surface area contributed by atoms with E-state index < -0.39 is 17.4 Å². The van der Waals surface area contributed by atoms with Gasteiger partial charge in [-0.15, -0.1) is 0 Å². The highest BCUT2D eigenvalue weighted by atomic mass is 79.9. The molecule has 0 fully saturated rings. The minimum absolute atomic E-state index is 0.687. The Kier molecular flexibility index (Phi) is 2.96. The third-order valence-corrected chi connectivity index (χ3v) is 2.88. The summed E-state index contributed by atoms with van der Waals surface area (Å²) in [4.78, 5) is 10.8. The maximum absolute atomic E-state index is 10.8. The number of hydrogen-bond donors (Lipinski definition) is 3. The molecule has 0 aliphatic carbocycles. The van der Waals surface area contributed by atoms with E-state index in [9.17, 15) is 4.79 Å². The normalized spacial score (nSPS) is 14.0. The summed E-state index contributed by atoms with van der Waals surface area (Å²) in [6.45, 7) is 3.51. The molecule has 1 aromatic heterocycles. The molecule has 0 aliphatic rings. The van der Waals surface area contributed by atoms with E-state index in [0.717, 1.165) is 4.47 Å². The van der Waals surface area contributed by atoms with E-state index in [1.54, 1.807) is 20.0 Å². The Morgan fingerprint density at radius 2 is 2.36 bits per heavy atom. The predicted octanol–water partition coefficient (Wildman–Crippen LogP) is 0.862. The van der Waals surface area contributed by atoms with Crippen LogP contribution in [0.2, 0.25) is 0 Å². The highest BCUT2D eigenvalue weighted by Crippen LogP contribution is 2.30. The number of carboxylic acids is 1. The van der Waals surface area contributed by atoms with Crippen molar-refractivity contribution in [2.75, 3.05) is 0 Å². The van der Waals surface area contributed by atoms with E-state index in [0.29, 0.717) is 5.69 Å². The van der Waals surface area contributed by atoms with Gasteiger partial charge in [0.05, 0.1) is 16.4 Å². The second kappa shape index (κ2) is 3.70. The third-order valence-electron chi connectivity index (χ3n) is 2.28. The van der Waals surface area contributed by atoms with Gasteiger partial charge in [-0.1, -0.05) is 13.8 Å². The molecule has 78 valence electrons. The first kappa shape index (κ1) is 11.2. The monoisotopic (exact) mass is 261 g/mol. The zero-order valence-corrected chi connectivity index (χ0v) is 9.50. The molecule has 0 saturated heterocycles. The maximum Gasteiger partial charge on any atom is 0.321 e. The minimum Gasteiger partial charge on any atom is -0.480 e. The fourth-order valence-electron chi connectivity index (χ4n) is 1.19. The zero-order valence-electron chi connectivity index (χ0n) is 7.91. The van der Waals surface area contributed by atoms with E-state index in [1.165, 1.54) is 0 Å². The molecular formula is C8H12BrN3O2. The van der Waals surface area contributed by atoms with Crippen LogP contribution in [0.5, 0.6) is 0 Å². The van der Waals surface area contributed by atoms with Gasteiger partial charge < -0.3 is 10.8 Å². The highest BCUT2D eigenvalue weighted by Gasteiger charge is 2.36. The lowest BCUT2D eigenvalue weighted by molar-refractivity contribution is -0.140. The topological polar surface area (TPSA) is 92.0 Å². The Labute approximate surface area is 89.8 Å². The molecule has 1 unspecified atom stereocenters. The summed E-state index contributed by atoms with van der Waals surface area (Å²) in [6.07, 6.45) is 1.58. The second-order valence-electron chi connectivity index (χ2n) is 3.63. The van der Waals surface area contributed by atoms with Crippen LogP contribution in [0.25, 0.3) is 0 Å². The van der Waals surface area contributed by atoms with Crippen LogP contribution >= 0.6 is 15.9 Å². The predicted molar refractivity (Wildman–Crippen MR) is 54.9 cm³/mol. The molecule has 0 radical (unpaired) electrons. The number of carbonyl (C=O) groups is 1. The molecule has 1 atom stereocenters. The van der Waals surface area contributed by atoms with Crippen LogP contribution in [0.15, 0.2) is 10.7 Å². The van der Waals surface area contributed by atoms with Gasteiger partial charge in [0.1, 0.15) is 6.04 Å². The van der Waals surface area contributed by atoms with Gasteiger partial charge in [-0.05, 0) is 15.9 Å². The second-order valence-corrected chi connectivity index (χ2v) is 4.48. The van der Waals surface area contributed by atoms with Crippen LogP contribution in [0, 0.1) is 0 Å². The van der Waals surface area contributed by atoms with Crippen LogP contribution in [0.1, 0.15) is 19.5 Å². The first-order valence-corrected chi connectivity index (χ1v) is 4.84. The van der Waals surface area contributed by atoms with Crippen molar-refractivity contribution >= 4 is 21.9 Å². The van der Waals surface area contributed by atoms with Gasteiger partial charge in [-0.3, -0.25) is 9.89 Å². The number of aromatic nitrogens is 2. The molecule has 0 spiro atoms. The lowest BCUT2D eigenvalue weighted by atomic mass is 9.82. The number of nitrogens with one attached hydrogen (secondary N) is 1. The molecule has 6 heteroatoms. The van der Waals surface area contributed by atoms with Crippen LogP contribution in [-0.4, -0.2) is 27.3 Å². The van der Waals surface area contributed by atoms with Crippen LogP contribution < -0.4 is 5.73 Å². The van der Waals surface area contributed by atoms with Gasteiger partial charge in [0.25, 0.3) is 0 Å². The summed E-state index contributed by atoms with van der Waals surface area (Å²) in [5.41, 5.74) is 5.58. The molecule has 1 aromatic rings. The van der Waals surface area contributed by atoms with Crippen LogP contribution in [0.3, 0.4) is 0 Å². The summed E-state index contributed by atoms with van der Waals surface area (Å²) in [5.74, 6) is -1.03. The fourth-order valence-corrected chi connectivity index (χ4v) is 1.89. The molecule has 4 N–H and O–H groups in total. The zero-order chi connectivity index (χ0) is 10.9. The maximum atomic E-state index is 10.8. The number of aromatic amines is 1. The number of halogens is 1. The average molecular weight is 262 g/mol. The Hall–Kier alpha value is -0.880. The minimum atomic E-state index is -1.03. The molecular weight excluding hydrogens is 250 g/mol. The van der Waals surface area contributed by atoms with Crippen molar-refractivity contribution in [3.63, 3.8) is 0 Å². The van der Waals surface area contributed by atoms with Gasteiger partial charge >= 0.3 is 5.97 Å². The molecule has 0 bridgehead atoms.